The molecule has 1 atom stereocenters. The molecule has 0 saturated carbocycles. The average molecular weight is 217 g/mol. The van der Waals surface area contributed by atoms with Crippen LogP contribution in [-0.2, 0) is 4.79 Å². The highest BCUT2D eigenvalue weighted by Crippen LogP contribution is 2.29. The van der Waals surface area contributed by atoms with Crippen molar-refractivity contribution in [2.75, 3.05) is 5.75 Å². The van der Waals surface area contributed by atoms with E-state index in [9.17, 15) is 4.79 Å². The van der Waals surface area contributed by atoms with Crippen LogP contribution in [0.2, 0.25) is 0 Å². The van der Waals surface area contributed by atoms with Crippen molar-refractivity contribution in [3.05, 3.63) is 12.3 Å². The summed E-state index contributed by atoms with van der Waals surface area (Å²) in [6.07, 6.45) is 7.22. The van der Waals surface area contributed by atoms with Crippen molar-refractivity contribution in [2.45, 2.75) is 31.6 Å². The minimum Gasteiger partial charge on any atom is -0.379 e. The lowest BCUT2D eigenvalue weighted by Crippen LogP contribution is -2.22. The van der Waals surface area contributed by atoms with Crippen molar-refractivity contribution in [3.8, 4) is 0 Å². The Balaban J connectivity index is 1.99. The number of nitrogens with one attached hydrogen (secondary N) is 1. The summed E-state index contributed by atoms with van der Waals surface area (Å²) in [5, 5.41) is 3.81. The first kappa shape index (κ1) is 11.0. The summed E-state index contributed by atoms with van der Waals surface area (Å²) in [5.41, 5.74) is 0. The molecule has 0 spiro atoms. The van der Waals surface area contributed by atoms with Gasteiger partial charge in [-0.05, 0) is 26.0 Å². The third-order valence-electron chi connectivity index (χ3n) is 1.72. The van der Waals surface area contributed by atoms with Crippen LogP contribution in [0, 0.1) is 0 Å². The summed E-state index contributed by atoms with van der Waals surface area (Å²) in [6, 6.07) is 0. The van der Waals surface area contributed by atoms with E-state index in [2.05, 4.69) is 11.4 Å². The standard InChI is InChI=1S/C9H15NOS2/c1-8(11)5-7-12-13-9-4-2-3-6-10-9/h3,6,9-10H,2,4-5,7H2,1H3. The quantitative estimate of drug-likeness (QED) is 0.566. The number of hydrogen-bond donors (Lipinski definition) is 1. The molecule has 0 aromatic heterocycles. The highest BCUT2D eigenvalue weighted by Gasteiger charge is 2.09. The zero-order valence-electron chi connectivity index (χ0n) is 7.79. The Morgan fingerprint density at radius 3 is 3.15 bits per heavy atom. The second kappa shape index (κ2) is 6.38. The highest BCUT2D eigenvalue weighted by atomic mass is 33.1. The SMILES string of the molecule is CC(=O)CCSSC1CCC=CN1. The molecule has 1 aliphatic heterocycles. The van der Waals surface area contributed by atoms with Crippen LogP contribution in [0.5, 0.6) is 0 Å². The molecule has 0 radical (unpaired) electrons. The maximum atomic E-state index is 10.6. The number of Topliss-reactive ketones (excluding diaryl/α,β-unsaturated/α-hetero) is 1. The molecule has 2 nitrogen and oxygen atoms in total. The molecular weight excluding hydrogens is 202 g/mol. The predicted octanol–water partition coefficient (Wildman–Crippen LogP) is 2.57. The molecular formula is C9H15NOS2. The Morgan fingerprint density at radius 2 is 2.54 bits per heavy atom. The van der Waals surface area contributed by atoms with Gasteiger partial charge >= 0.3 is 0 Å². The number of rotatable bonds is 5. The molecule has 1 unspecified atom stereocenters. The van der Waals surface area contributed by atoms with Crippen LogP contribution < -0.4 is 5.32 Å². The van der Waals surface area contributed by atoms with E-state index in [1.54, 1.807) is 17.7 Å². The number of hydrogen-bond acceptors (Lipinski definition) is 4. The Kier molecular flexibility index (Phi) is 5.39. The maximum absolute atomic E-state index is 10.6. The van der Waals surface area contributed by atoms with Crippen LogP contribution >= 0.6 is 21.6 Å². The highest BCUT2D eigenvalue weighted by molar-refractivity contribution is 8.76. The van der Waals surface area contributed by atoms with Crippen molar-refractivity contribution in [2.24, 2.45) is 0 Å². The first-order valence-electron chi connectivity index (χ1n) is 4.48. The summed E-state index contributed by atoms with van der Waals surface area (Å²) in [4.78, 5) is 10.6. The number of carbonyl (C=O) groups excluding carboxylic acids is 1. The smallest absolute Gasteiger partial charge is 0.130 e. The second-order valence-corrected chi connectivity index (χ2v) is 5.70. The number of carbonyl (C=O) groups is 1. The zero-order valence-corrected chi connectivity index (χ0v) is 9.42. The minimum absolute atomic E-state index is 0.282. The third-order valence-corrected chi connectivity index (χ3v) is 4.43. The summed E-state index contributed by atoms with van der Waals surface area (Å²) in [6.45, 7) is 1.65. The van der Waals surface area contributed by atoms with Crippen LogP contribution in [0.25, 0.3) is 0 Å². The van der Waals surface area contributed by atoms with Crippen LogP contribution in [0.4, 0.5) is 0 Å². The molecule has 0 aromatic rings. The lowest BCUT2D eigenvalue weighted by molar-refractivity contribution is -0.116. The van der Waals surface area contributed by atoms with Gasteiger partial charge in [0.25, 0.3) is 0 Å². The molecule has 0 aliphatic carbocycles. The Hall–Kier alpha value is -0.0900. The normalized spacial score (nSPS) is 21.2. The summed E-state index contributed by atoms with van der Waals surface area (Å²) in [5.74, 6) is 1.21. The minimum atomic E-state index is 0.282. The number of ketones is 1. The molecule has 1 N–H and O–H groups in total. The van der Waals surface area contributed by atoms with Gasteiger partial charge < -0.3 is 5.32 Å². The van der Waals surface area contributed by atoms with E-state index in [1.165, 1.54) is 6.42 Å². The molecule has 4 heteroatoms. The maximum Gasteiger partial charge on any atom is 0.130 e. The molecule has 0 aromatic carbocycles. The van der Waals surface area contributed by atoms with Crippen molar-refractivity contribution in [1.82, 2.24) is 5.32 Å². The van der Waals surface area contributed by atoms with Crippen LogP contribution in [0.15, 0.2) is 12.3 Å². The topological polar surface area (TPSA) is 29.1 Å². The van der Waals surface area contributed by atoms with E-state index in [0.29, 0.717) is 11.8 Å². The fourth-order valence-corrected chi connectivity index (χ4v) is 3.47. The zero-order chi connectivity index (χ0) is 9.52. The second-order valence-electron chi connectivity index (χ2n) is 3.01. The van der Waals surface area contributed by atoms with Crippen molar-refractivity contribution in [3.63, 3.8) is 0 Å². The fourth-order valence-electron chi connectivity index (χ4n) is 0.981. The molecule has 1 rings (SSSR count). The Bertz CT molecular complexity index is 194. The lowest BCUT2D eigenvalue weighted by atomic mass is 10.2. The van der Waals surface area contributed by atoms with Gasteiger partial charge in [-0.25, -0.2) is 0 Å². The average Bonchev–Trinajstić information content (AvgIpc) is 2.14. The lowest BCUT2D eigenvalue weighted by Gasteiger charge is -2.18. The van der Waals surface area contributed by atoms with Gasteiger partial charge in [-0.15, -0.1) is 0 Å². The van der Waals surface area contributed by atoms with Gasteiger partial charge in [0, 0.05) is 12.2 Å². The van der Waals surface area contributed by atoms with Gasteiger partial charge in [-0.2, -0.15) is 0 Å². The van der Waals surface area contributed by atoms with Gasteiger partial charge in [0.1, 0.15) is 5.78 Å². The molecule has 74 valence electrons. The predicted molar refractivity (Wildman–Crippen MR) is 60.6 cm³/mol. The number of allylic oxidation sites excluding steroid dienone is 1. The van der Waals surface area contributed by atoms with E-state index in [0.717, 1.165) is 12.2 Å². The van der Waals surface area contributed by atoms with E-state index in [1.807, 2.05) is 17.0 Å². The molecule has 13 heavy (non-hydrogen) atoms. The van der Waals surface area contributed by atoms with Crippen molar-refractivity contribution < 1.29 is 4.79 Å². The van der Waals surface area contributed by atoms with Crippen molar-refractivity contribution in [1.29, 1.82) is 0 Å². The van der Waals surface area contributed by atoms with Crippen molar-refractivity contribution >= 4 is 27.4 Å². The molecule has 1 aliphatic rings. The first-order valence-corrected chi connectivity index (χ1v) is 6.86. The van der Waals surface area contributed by atoms with Crippen LogP contribution in [-0.4, -0.2) is 16.9 Å². The monoisotopic (exact) mass is 217 g/mol. The van der Waals surface area contributed by atoms with Gasteiger partial charge in [-0.1, -0.05) is 27.7 Å². The van der Waals surface area contributed by atoms with Gasteiger partial charge in [0.15, 0.2) is 0 Å². The molecule has 0 fully saturated rings. The Labute approximate surface area is 87.3 Å². The van der Waals surface area contributed by atoms with E-state index in [4.69, 9.17) is 0 Å². The Morgan fingerprint density at radius 1 is 1.69 bits per heavy atom. The van der Waals surface area contributed by atoms with Crippen LogP contribution in [0.3, 0.4) is 0 Å². The van der Waals surface area contributed by atoms with Crippen LogP contribution in [0.1, 0.15) is 26.2 Å². The molecule has 0 bridgehead atoms. The summed E-state index contributed by atoms with van der Waals surface area (Å²) < 4.78 is 0. The van der Waals surface area contributed by atoms with E-state index < -0.39 is 0 Å². The van der Waals surface area contributed by atoms with Gasteiger partial charge in [0.2, 0.25) is 0 Å². The van der Waals surface area contributed by atoms with E-state index in [-0.39, 0.29) is 5.78 Å². The largest absolute Gasteiger partial charge is 0.379 e. The summed E-state index contributed by atoms with van der Waals surface area (Å²) >= 11 is 0. The van der Waals surface area contributed by atoms with Gasteiger partial charge in [0.05, 0.1) is 5.37 Å². The van der Waals surface area contributed by atoms with E-state index >= 15 is 0 Å². The first-order chi connectivity index (χ1) is 6.29. The molecule has 0 saturated heterocycles. The van der Waals surface area contributed by atoms with Gasteiger partial charge in [-0.3, -0.25) is 4.79 Å². The molecule has 1 heterocycles. The third kappa shape index (κ3) is 5.26. The molecule has 0 amide bonds. The summed E-state index contributed by atoms with van der Waals surface area (Å²) in [7, 11) is 3.63. The fraction of sp³-hybridized carbons (Fsp3) is 0.667.